The molecule has 0 radical (unpaired) electrons. The molecule has 0 unspecified atom stereocenters. The normalized spacial score (nSPS) is 12.4. The van der Waals surface area contributed by atoms with Crippen LogP contribution in [0.15, 0.2) is 217 Å². The van der Waals surface area contributed by atoms with E-state index in [9.17, 15) is 0 Å². The smallest absolute Gasteiger partial charge is 0.167 e. The van der Waals surface area contributed by atoms with Crippen LogP contribution in [0, 0.1) is 0 Å². The maximum atomic E-state index is 6.98. The van der Waals surface area contributed by atoms with Gasteiger partial charge in [0.25, 0.3) is 0 Å². The Bertz CT molecular complexity index is 3650. The van der Waals surface area contributed by atoms with Gasteiger partial charge in [0, 0.05) is 32.8 Å². The molecule has 0 spiro atoms. The lowest BCUT2D eigenvalue weighted by Gasteiger charge is -2.16. The van der Waals surface area contributed by atoms with Crippen LogP contribution in [0.2, 0.25) is 0 Å². The minimum atomic E-state index is -0.178. The van der Waals surface area contributed by atoms with E-state index < -0.39 is 0 Å². The van der Waals surface area contributed by atoms with Crippen molar-refractivity contribution in [2.45, 2.75) is 5.92 Å². The molecule has 0 aliphatic heterocycles. The zero-order valence-corrected chi connectivity index (χ0v) is 34.0. The summed E-state index contributed by atoms with van der Waals surface area (Å²) in [6.07, 6.45) is 0. The summed E-state index contributed by atoms with van der Waals surface area (Å²) in [5.74, 6) is 1.69. The zero-order valence-electron chi connectivity index (χ0n) is 34.0. The summed E-state index contributed by atoms with van der Waals surface area (Å²) in [4.78, 5) is 16.1. The second-order valence-electron chi connectivity index (χ2n) is 16.3. The minimum Gasteiger partial charge on any atom is -0.455 e. The third-order valence-corrected chi connectivity index (χ3v) is 12.7. The number of nitrogens with zero attached hydrogens (tertiary/aromatic N) is 4. The van der Waals surface area contributed by atoms with E-state index in [1.54, 1.807) is 0 Å². The first-order valence-electron chi connectivity index (χ1n) is 21.4. The van der Waals surface area contributed by atoms with Crippen LogP contribution in [0.1, 0.15) is 22.9 Å². The molecule has 0 saturated carbocycles. The van der Waals surface area contributed by atoms with E-state index in [0.717, 1.165) is 60.9 Å². The van der Waals surface area contributed by atoms with Gasteiger partial charge in [-0.2, -0.15) is 0 Å². The third kappa shape index (κ3) is 5.67. The Morgan fingerprint density at radius 3 is 1.62 bits per heavy atom. The molecule has 9 aromatic carbocycles. The molecule has 0 amide bonds. The van der Waals surface area contributed by atoms with Crippen LogP contribution in [-0.2, 0) is 0 Å². The number of hydrogen-bond donors (Lipinski definition) is 0. The number of rotatable bonds is 6. The fraction of sp³-hybridized carbons (Fsp3) is 0.0172. The first-order valence-corrected chi connectivity index (χ1v) is 21.4. The maximum Gasteiger partial charge on any atom is 0.167 e. The van der Waals surface area contributed by atoms with Crippen molar-refractivity contribution in [1.82, 2.24) is 19.5 Å². The van der Waals surface area contributed by atoms with Crippen molar-refractivity contribution < 1.29 is 4.42 Å². The highest BCUT2D eigenvalue weighted by Gasteiger charge is 2.33. The molecule has 3 aromatic heterocycles. The Labute approximate surface area is 363 Å². The van der Waals surface area contributed by atoms with Crippen molar-refractivity contribution in [2.24, 2.45) is 0 Å². The van der Waals surface area contributed by atoms with Gasteiger partial charge in [-0.15, -0.1) is 0 Å². The molecule has 0 N–H and O–H groups in total. The standard InChI is InChI=1S/C58H36N4O/c1-3-16-36(17-4-1)38-20-15-21-39(32-38)40-30-31-53-48(33-40)49-34-41(62-51-28-13-11-24-44(51)45-25-12-14-29-52(45)62)35-50(55(49)63-53)57-59-56(37-18-5-2-6-19-37)60-58(61-57)54-46-26-9-7-22-42(46)43-23-8-10-27-47(43)54/h1-35,54H. The summed E-state index contributed by atoms with van der Waals surface area (Å²) in [5.41, 5.74) is 15.9. The molecular formula is C58H36N4O. The van der Waals surface area contributed by atoms with Crippen LogP contribution in [0.5, 0.6) is 0 Å². The molecule has 294 valence electrons. The summed E-state index contributed by atoms with van der Waals surface area (Å²) < 4.78 is 9.35. The van der Waals surface area contributed by atoms with Gasteiger partial charge in [-0.05, 0) is 87.0 Å². The Hall–Kier alpha value is -8.41. The quantitative estimate of drug-likeness (QED) is 0.168. The number of para-hydroxylation sites is 2. The lowest BCUT2D eigenvalue weighted by atomic mass is 9.96. The zero-order chi connectivity index (χ0) is 41.4. The first-order chi connectivity index (χ1) is 31.2. The summed E-state index contributed by atoms with van der Waals surface area (Å²) in [5, 5.41) is 4.40. The van der Waals surface area contributed by atoms with Crippen LogP contribution in [-0.4, -0.2) is 19.5 Å². The van der Waals surface area contributed by atoms with Gasteiger partial charge in [0.05, 0.1) is 22.5 Å². The maximum absolute atomic E-state index is 6.98. The highest BCUT2D eigenvalue weighted by Crippen LogP contribution is 2.48. The number of hydrogen-bond acceptors (Lipinski definition) is 4. The Balaban J connectivity index is 1.09. The number of fused-ring (bicyclic) bond motifs is 9. The van der Waals surface area contributed by atoms with Crippen molar-refractivity contribution in [3.63, 3.8) is 0 Å². The van der Waals surface area contributed by atoms with Crippen molar-refractivity contribution >= 4 is 43.7 Å². The van der Waals surface area contributed by atoms with Crippen molar-refractivity contribution in [1.29, 1.82) is 0 Å². The second-order valence-corrected chi connectivity index (χ2v) is 16.3. The van der Waals surface area contributed by atoms with Crippen LogP contribution < -0.4 is 0 Å². The molecule has 0 saturated heterocycles. The van der Waals surface area contributed by atoms with Gasteiger partial charge in [-0.25, -0.2) is 15.0 Å². The highest BCUT2D eigenvalue weighted by molar-refractivity contribution is 6.13. The number of benzene rings is 9. The van der Waals surface area contributed by atoms with Crippen LogP contribution >= 0.6 is 0 Å². The van der Waals surface area contributed by atoms with E-state index in [0.29, 0.717) is 17.5 Å². The van der Waals surface area contributed by atoms with Gasteiger partial charge in [-0.1, -0.05) is 170 Å². The van der Waals surface area contributed by atoms with Crippen molar-refractivity contribution in [3.8, 4) is 61.8 Å². The van der Waals surface area contributed by atoms with Gasteiger partial charge in [0.15, 0.2) is 11.6 Å². The molecule has 13 rings (SSSR count). The predicted octanol–water partition coefficient (Wildman–Crippen LogP) is 14.7. The molecule has 1 aliphatic carbocycles. The third-order valence-electron chi connectivity index (χ3n) is 12.7. The molecular weight excluding hydrogens is 769 g/mol. The topological polar surface area (TPSA) is 56.7 Å². The predicted molar refractivity (Wildman–Crippen MR) is 256 cm³/mol. The van der Waals surface area contributed by atoms with Gasteiger partial charge < -0.3 is 8.98 Å². The molecule has 0 fully saturated rings. The summed E-state index contributed by atoms with van der Waals surface area (Å²) in [6, 6.07) is 75.1. The molecule has 1 aliphatic rings. The summed E-state index contributed by atoms with van der Waals surface area (Å²) >= 11 is 0. The van der Waals surface area contributed by atoms with E-state index >= 15 is 0 Å². The average molecular weight is 805 g/mol. The fourth-order valence-corrected chi connectivity index (χ4v) is 9.84. The Kier molecular flexibility index (Phi) is 7.90. The van der Waals surface area contributed by atoms with Crippen LogP contribution in [0.4, 0.5) is 0 Å². The molecule has 0 atom stereocenters. The van der Waals surface area contributed by atoms with E-state index in [4.69, 9.17) is 19.4 Å². The molecule has 0 bridgehead atoms. The van der Waals surface area contributed by atoms with Gasteiger partial charge in [-0.3, -0.25) is 0 Å². The van der Waals surface area contributed by atoms with E-state index in [-0.39, 0.29) is 5.92 Å². The Morgan fingerprint density at radius 1 is 0.365 bits per heavy atom. The Morgan fingerprint density at radius 2 is 0.921 bits per heavy atom. The number of aromatic nitrogens is 4. The lowest BCUT2D eigenvalue weighted by molar-refractivity contribution is 0.669. The van der Waals surface area contributed by atoms with Crippen molar-refractivity contribution in [2.75, 3.05) is 0 Å². The minimum absolute atomic E-state index is 0.178. The van der Waals surface area contributed by atoms with Gasteiger partial charge in [0.1, 0.15) is 17.0 Å². The molecule has 63 heavy (non-hydrogen) atoms. The first kappa shape index (κ1) is 35.4. The summed E-state index contributed by atoms with van der Waals surface area (Å²) in [6.45, 7) is 0. The molecule has 3 heterocycles. The monoisotopic (exact) mass is 804 g/mol. The van der Waals surface area contributed by atoms with Crippen LogP contribution in [0.25, 0.3) is 106 Å². The lowest BCUT2D eigenvalue weighted by Crippen LogP contribution is -2.09. The highest BCUT2D eigenvalue weighted by atomic mass is 16.3. The van der Waals surface area contributed by atoms with E-state index in [2.05, 4.69) is 199 Å². The van der Waals surface area contributed by atoms with Crippen molar-refractivity contribution in [3.05, 3.63) is 229 Å². The number of furan rings is 1. The van der Waals surface area contributed by atoms with E-state index in [1.165, 1.54) is 44.2 Å². The fourth-order valence-electron chi connectivity index (χ4n) is 9.84. The average Bonchev–Trinajstić information content (AvgIpc) is 4.02. The SMILES string of the molecule is c1ccc(-c2cccc(-c3ccc4oc5c(-c6nc(-c7ccccc7)nc(C7c8ccccc8-c8ccccc87)n6)cc(-n6c7ccccc7c7ccccc76)cc5c4c3)c2)cc1. The van der Waals surface area contributed by atoms with Crippen LogP contribution in [0.3, 0.4) is 0 Å². The molecule has 5 nitrogen and oxygen atoms in total. The molecule has 5 heteroatoms. The van der Waals surface area contributed by atoms with Gasteiger partial charge in [0.2, 0.25) is 0 Å². The van der Waals surface area contributed by atoms with E-state index in [1.807, 2.05) is 18.2 Å². The largest absolute Gasteiger partial charge is 0.455 e. The van der Waals surface area contributed by atoms with Gasteiger partial charge >= 0.3 is 0 Å². The molecule has 12 aromatic rings. The second kappa shape index (κ2) is 14.1. The summed E-state index contributed by atoms with van der Waals surface area (Å²) in [7, 11) is 0.